The summed E-state index contributed by atoms with van der Waals surface area (Å²) in [6.07, 6.45) is 0.608. The molecule has 1 amide bonds. The van der Waals surface area contributed by atoms with Crippen molar-refractivity contribution < 1.29 is 23.8 Å². The van der Waals surface area contributed by atoms with Gasteiger partial charge in [0.05, 0.1) is 13.2 Å². The normalized spacial score (nSPS) is 17.9. The summed E-state index contributed by atoms with van der Waals surface area (Å²) in [6, 6.07) is 21.0. The molecule has 0 unspecified atom stereocenters. The molecule has 1 aliphatic rings. The van der Waals surface area contributed by atoms with Crippen LogP contribution in [0.1, 0.15) is 35.6 Å². The van der Waals surface area contributed by atoms with Gasteiger partial charge < -0.3 is 19.9 Å². The summed E-state index contributed by atoms with van der Waals surface area (Å²) >= 11 is 0. The maximum absolute atomic E-state index is 13.8. The lowest BCUT2D eigenvalue weighted by Crippen LogP contribution is -2.53. The van der Waals surface area contributed by atoms with Gasteiger partial charge in [-0.1, -0.05) is 41.5 Å². The van der Waals surface area contributed by atoms with Gasteiger partial charge in [0, 0.05) is 36.5 Å². The lowest BCUT2D eigenvalue weighted by molar-refractivity contribution is -0.128. The number of aliphatic hydroxyl groups is 1. The van der Waals surface area contributed by atoms with Crippen molar-refractivity contribution in [3.05, 3.63) is 111 Å². The van der Waals surface area contributed by atoms with Crippen LogP contribution in [0.2, 0.25) is 0 Å². The van der Waals surface area contributed by atoms with Crippen molar-refractivity contribution in [1.29, 1.82) is 0 Å². The number of halogens is 1. The van der Waals surface area contributed by atoms with Gasteiger partial charge in [0.15, 0.2) is 5.54 Å². The van der Waals surface area contributed by atoms with Crippen LogP contribution in [0, 0.1) is 5.82 Å². The minimum absolute atomic E-state index is 0.0546. The number of azide groups is 1. The first-order valence-electron chi connectivity index (χ1n) is 13.2. The number of nitrogens with zero attached hydrogens (tertiary/aromatic N) is 4. The molecule has 0 aromatic heterocycles. The molecule has 2 atom stereocenters. The Balaban J connectivity index is 1.61. The molecule has 2 N–H and O–H groups in total. The van der Waals surface area contributed by atoms with Gasteiger partial charge in [-0.2, -0.15) is 0 Å². The average molecular weight is 546 g/mol. The highest BCUT2D eigenvalue weighted by molar-refractivity contribution is 6.01. The summed E-state index contributed by atoms with van der Waals surface area (Å²) < 4.78 is 25.4. The van der Waals surface area contributed by atoms with E-state index in [4.69, 9.17) is 25.1 Å². The van der Waals surface area contributed by atoms with E-state index in [-0.39, 0.29) is 31.3 Å². The quantitative estimate of drug-likeness (QED) is 0.137. The monoisotopic (exact) mass is 545 g/mol. The van der Waals surface area contributed by atoms with Gasteiger partial charge in [0.25, 0.3) is 5.91 Å². The van der Waals surface area contributed by atoms with E-state index < -0.39 is 11.6 Å². The van der Waals surface area contributed by atoms with Crippen molar-refractivity contribution in [3.63, 3.8) is 0 Å². The molecule has 9 nitrogen and oxygen atoms in total. The summed E-state index contributed by atoms with van der Waals surface area (Å²) in [5, 5.41) is 15.7. The van der Waals surface area contributed by atoms with Crippen LogP contribution in [-0.2, 0) is 28.9 Å². The third-order valence-electron chi connectivity index (χ3n) is 6.80. The predicted molar refractivity (Wildman–Crippen MR) is 150 cm³/mol. The Morgan fingerprint density at radius 3 is 2.67 bits per heavy atom. The lowest BCUT2D eigenvalue weighted by atomic mass is 9.84. The number of carbonyl (C=O) groups is 1. The molecular formula is C30H32FN5O4. The number of carbonyl (C=O) groups excluding carboxylic acids is 1. The molecule has 0 aliphatic carbocycles. The summed E-state index contributed by atoms with van der Waals surface area (Å²) in [6.45, 7) is 2.71. The number of amides is 1. The maximum atomic E-state index is 13.8. The van der Waals surface area contributed by atoms with E-state index in [1.165, 1.54) is 12.1 Å². The molecule has 1 aliphatic heterocycles. The van der Waals surface area contributed by atoms with E-state index in [1.54, 1.807) is 18.2 Å². The number of aliphatic imine (C=N–C) groups is 1. The lowest BCUT2D eigenvalue weighted by Gasteiger charge is -2.29. The van der Waals surface area contributed by atoms with Gasteiger partial charge in [-0.3, -0.25) is 4.79 Å². The molecule has 3 aromatic rings. The molecule has 0 spiro atoms. The van der Waals surface area contributed by atoms with Crippen molar-refractivity contribution >= 4 is 11.8 Å². The predicted octanol–water partition coefficient (Wildman–Crippen LogP) is 4.90. The van der Waals surface area contributed by atoms with Gasteiger partial charge >= 0.3 is 0 Å². The van der Waals surface area contributed by atoms with E-state index in [2.05, 4.69) is 15.3 Å². The van der Waals surface area contributed by atoms with Crippen molar-refractivity contribution in [3.8, 4) is 5.75 Å². The Morgan fingerprint density at radius 2 is 1.95 bits per heavy atom. The number of hydrogen-bond acceptors (Lipinski definition) is 6. The van der Waals surface area contributed by atoms with Crippen LogP contribution in [-0.4, -0.2) is 48.3 Å². The van der Waals surface area contributed by atoms with Crippen molar-refractivity contribution in [2.24, 2.45) is 10.1 Å². The van der Waals surface area contributed by atoms with Crippen LogP contribution in [0.3, 0.4) is 0 Å². The van der Waals surface area contributed by atoms with Crippen LogP contribution >= 0.6 is 0 Å². The first kappa shape index (κ1) is 28.6. The second-order valence-electron chi connectivity index (χ2n) is 9.52. The Kier molecular flexibility index (Phi) is 9.72. The van der Waals surface area contributed by atoms with Gasteiger partial charge in [0.2, 0.25) is 5.90 Å². The van der Waals surface area contributed by atoms with E-state index >= 15 is 0 Å². The molecule has 208 valence electrons. The number of nitrogens with one attached hydrogen (secondary N) is 1. The largest absolute Gasteiger partial charge is 0.494 e. The zero-order chi connectivity index (χ0) is 28.4. The fourth-order valence-electron chi connectivity index (χ4n) is 4.59. The van der Waals surface area contributed by atoms with E-state index in [0.29, 0.717) is 43.2 Å². The zero-order valence-corrected chi connectivity index (χ0v) is 22.3. The molecule has 10 heteroatoms. The van der Waals surface area contributed by atoms with E-state index in [9.17, 15) is 9.18 Å². The second kappa shape index (κ2) is 13.6. The van der Waals surface area contributed by atoms with Crippen molar-refractivity contribution in [2.45, 2.75) is 44.4 Å². The van der Waals surface area contributed by atoms with Crippen LogP contribution in [0.5, 0.6) is 5.75 Å². The molecule has 40 heavy (non-hydrogen) atoms. The Morgan fingerprint density at radius 1 is 1.18 bits per heavy atom. The molecule has 0 radical (unpaired) electrons. The van der Waals surface area contributed by atoms with Crippen LogP contribution in [0.15, 0.2) is 82.9 Å². The maximum Gasteiger partial charge on any atom is 0.252 e. The van der Waals surface area contributed by atoms with Crippen molar-refractivity contribution in [2.75, 3.05) is 19.8 Å². The van der Waals surface area contributed by atoms with E-state index in [0.717, 1.165) is 16.7 Å². The molecule has 0 bridgehead atoms. The highest BCUT2D eigenvalue weighted by Gasteiger charge is 2.50. The molecular weight excluding hydrogens is 513 g/mol. The zero-order valence-electron chi connectivity index (χ0n) is 22.3. The van der Waals surface area contributed by atoms with Gasteiger partial charge in [0.1, 0.15) is 17.7 Å². The standard InChI is InChI=1S/C30H32FN5O4/c1-21-30(19-24-7-2-3-8-25(24)20-34-36-32,29(38)33-15-14-22-6-4-9-26(31)18-22)35-28(40-21)23-10-12-27(13-11-23)39-17-5-16-37/h2-4,6-13,18,21,37H,5,14-17,19-20H2,1H3,(H,33,38)/t21-,30-/m1/s1. The van der Waals surface area contributed by atoms with Gasteiger partial charge in [-0.05, 0) is 72.0 Å². The topological polar surface area (TPSA) is 129 Å². The third kappa shape index (κ3) is 6.97. The first-order valence-corrected chi connectivity index (χ1v) is 13.2. The van der Waals surface area contributed by atoms with Crippen LogP contribution in [0.25, 0.3) is 10.4 Å². The summed E-state index contributed by atoms with van der Waals surface area (Å²) in [4.78, 5) is 21.6. The number of benzene rings is 3. The summed E-state index contributed by atoms with van der Waals surface area (Å²) in [5.41, 5.74) is 10.6. The molecule has 0 saturated heterocycles. The number of ether oxygens (including phenoxy) is 2. The Bertz CT molecular complexity index is 1390. The van der Waals surface area contributed by atoms with Gasteiger partial charge in [-0.25, -0.2) is 9.38 Å². The molecule has 0 fully saturated rings. The first-order chi connectivity index (χ1) is 19.4. The molecule has 3 aromatic carbocycles. The SMILES string of the molecule is C[C@H]1OC(c2ccc(OCCCO)cc2)=N[C@@]1(Cc1ccccc1CN=[N+]=[N-])C(=O)NCCc1cccc(F)c1. The highest BCUT2D eigenvalue weighted by Crippen LogP contribution is 2.34. The summed E-state index contributed by atoms with van der Waals surface area (Å²) in [7, 11) is 0. The van der Waals surface area contributed by atoms with Gasteiger partial charge in [-0.15, -0.1) is 0 Å². The number of hydrogen-bond donors (Lipinski definition) is 2. The van der Waals surface area contributed by atoms with Crippen molar-refractivity contribution in [1.82, 2.24) is 5.32 Å². The van der Waals surface area contributed by atoms with Crippen LogP contribution < -0.4 is 10.1 Å². The fraction of sp³-hybridized carbons (Fsp3) is 0.333. The Hall–Kier alpha value is -4.40. The average Bonchev–Trinajstić information content (AvgIpc) is 3.29. The minimum Gasteiger partial charge on any atom is -0.494 e. The fourth-order valence-corrected chi connectivity index (χ4v) is 4.59. The minimum atomic E-state index is -1.29. The van der Waals surface area contributed by atoms with E-state index in [1.807, 2.05) is 49.4 Å². The molecule has 4 rings (SSSR count). The second-order valence-corrected chi connectivity index (χ2v) is 9.52. The highest BCUT2D eigenvalue weighted by atomic mass is 19.1. The molecule has 1 heterocycles. The van der Waals surface area contributed by atoms with Crippen LogP contribution in [0.4, 0.5) is 4.39 Å². The third-order valence-corrected chi connectivity index (χ3v) is 6.80. The Labute approximate surface area is 232 Å². The smallest absolute Gasteiger partial charge is 0.252 e. The number of aliphatic hydroxyl groups excluding tert-OH is 1. The molecule has 0 saturated carbocycles. The number of rotatable bonds is 13. The summed E-state index contributed by atoms with van der Waals surface area (Å²) in [5.74, 6) is 0.349.